The van der Waals surface area contributed by atoms with Gasteiger partial charge in [-0.25, -0.2) is 0 Å². The van der Waals surface area contributed by atoms with Crippen LogP contribution in [0.4, 0.5) is 0 Å². The van der Waals surface area contributed by atoms with E-state index in [0.717, 1.165) is 25.4 Å². The summed E-state index contributed by atoms with van der Waals surface area (Å²) in [5.74, 6) is 0.785. The molecule has 0 amide bonds. The van der Waals surface area contributed by atoms with E-state index in [-0.39, 0.29) is 0 Å². The zero-order valence-electron chi connectivity index (χ0n) is 9.80. The van der Waals surface area contributed by atoms with E-state index < -0.39 is 0 Å². The first kappa shape index (κ1) is 11.9. The van der Waals surface area contributed by atoms with E-state index in [1.165, 1.54) is 24.0 Å². The fourth-order valence-electron chi connectivity index (χ4n) is 2.08. The summed E-state index contributed by atoms with van der Waals surface area (Å²) in [6, 6.07) is 2.18. The third-order valence-corrected chi connectivity index (χ3v) is 3.53. The van der Waals surface area contributed by atoms with Crippen LogP contribution in [-0.2, 0) is 6.54 Å². The lowest BCUT2D eigenvalue weighted by Gasteiger charge is -2.14. The van der Waals surface area contributed by atoms with Gasteiger partial charge in [0, 0.05) is 31.4 Å². The predicted octanol–water partition coefficient (Wildman–Crippen LogP) is 2.89. The van der Waals surface area contributed by atoms with Crippen molar-refractivity contribution in [3.05, 3.63) is 29.6 Å². The molecule has 0 atom stereocenters. The molecule has 1 N–H and O–H groups in total. The van der Waals surface area contributed by atoms with Crippen molar-refractivity contribution in [2.24, 2.45) is 5.41 Å². The van der Waals surface area contributed by atoms with Crippen LogP contribution in [-0.4, -0.2) is 17.4 Å². The highest BCUT2D eigenvalue weighted by Crippen LogP contribution is 2.48. The van der Waals surface area contributed by atoms with Crippen molar-refractivity contribution in [3.63, 3.8) is 0 Å². The molecule has 1 aromatic rings. The molecule has 3 heteroatoms. The number of aromatic nitrogens is 1. The Morgan fingerprint density at radius 2 is 2.25 bits per heavy atom. The standard InChI is InChI=1S/C13H19ClN2/c1-11-6-12(8-15-7-11)9-16-10-13(2-3-13)4-5-14/h6-8,16H,2-5,9-10H2,1H3. The lowest BCUT2D eigenvalue weighted by atomic mass is 10.0. The zero-order valence-corrected chi connectivity index (χ0v) is 10.6. The zero-order chi connectivity index (χ0) is 11.4. The SMILES string of the molecule is Cc1cncc(CNCC2(CCCl)CC2)c1. The molecule has 0 aliphatic heterocycles. The molecule has 0 saturated heterocycles. The summed E-state index contributed by atoms with van der Waals surface area (Å²) in [5.41, 5.74) is 3.00. The molecule has 1 saturated carbocycles. The summed E-state index contributed by atoms with van der Waals surface area (Å²) in [7, 11) is 0. The lowest BCUT2D eigenvalue weighted by Crippen LogP contribution is -2.24. The van der Waals surface area contributed by atoms with E-state index in [0.29, 0.717) is 5.41 Å². The van der Waals surface area contributed by atoms with Crippen LogP contribution in [0.3, 0.4) is 0 Å². The molecule has 1 fully saturated rings. The van der Waals surface area contributed by atoms with Gasteiger partial charge in [-0.05, 0) is 42.7 Å². The number of alkyl halides is 1. The molecule has 1 aromatic heterocycles. The molecule has 16 heavy (non-hydrogen) atoms. The molecule has 1 aliphatic rings. The maximum absolute atomic E-state index is 5.80. The van der Waals surface area contributed by atoms with Crippen molar-refractivity contribution in [1.29, 1.82) is 0 Å². The first-order chi connectivity index (χ1) is 7.74. The normalized spacial score (nSPS) is 17.4. The van der Waals surface area contributed by atoms with Crippen molar-refractivity contribution >= 4 is 11.6 Å². The Bertz CT molecular complexity index is 348. The second-order valence-corrected chi connectivity index (χ2v) is 5.29. The van der Waals surface area contributed by atoms with Gasteiger partial charge in [0.1, 0.15) is 0 Å². The predicted molar refractivity (Wildman–Crippen MR) is 67.7 cm³/mol. The third-order valence-electron chi connectivity index (χ3n) is 3.34. The van der Waals surface area contributed by atoms with Crippen molar-refractivity contribution in [2.75, 3.05) is 12.4 Å². The summed E-state index contributed by atoms with van der Waals surface area (Å²) >= 11 is 5.80. The Morgan fingerprint density at radius 3 is 2.88 bits per heavy atom. The number of pyridine rings is 1. The summed E-state index contributed by atoms with van der Waals surface area (Å²) in [5, 5.41) is 3.52. The smallest absolute Gasteiger partial charge is 0.0313 e. The Labute approximate surface area is 102 Å². The molecule has 0 aromatic carbocycles. The van der Waals surface area contributed by atoms with E-state index in [4.69, 9.17) is 11.6 Å². The van der Waals surface area contributed by atoms with Crippen LogP contribution in [0.5, 0.6) is 0 Å². The minimum atomic E-state index is 0.513. The second kappa shape index (κ2) is 5.15. The number of halogens is 1. The van der Waals surface area contributed by atoms with E-state index in [9.17, 15) is 0 Å². The van der Waals surface area contributed by atoms with E-state index >= 15 is 0 Å². The maximum Gasteiger partial charge on any atom is 0.0313 e. The number of nitrogens with zero attached hydrogens (tertiary/aromatic N) is 1. The highest BCUT2D eigenvalue weighted by molar-refractivity contribution is 6.17. The molecule has 1 heterocycles. The molecule has 0 spiro atoms. The van der Waals surface area contributed by atoms with Gasteiger partial charge in [0.2, 0.25) is 0 Å². The highest BCUT2D eigenvalue weighted by atomic mass is 35.5. The van der Waals surface area contributed by atoms with Gasteiger partial charge in [-0.15, -0.1) is 11.6 Å². The van der Waals surface area contributed by atoms with Gasteiger partial charge in [0.05, 0.1) is 0 Å². The average molecular weight is 239 g/mol. The third kappa shape index (κ3) is 3.19. The van der Waals surface area contributed by atoms with Gasteiger partial charge >= 0.3 is 0 Å². The molecular weight excluding hydrogens is 220 g/mol. The van der Waals surface area contributed by atoms with E-state index in [1.807, 2.05) is 12.4 Å². The molecule has 2 nitrogen and oxygen atoms in total. The van der Waals surface area contributed by atoms with Crippen LogP contribution in [0.1, 0.15) is 30.4 Å². The molecule has 1 aliphatic carbocycles. The molecule has 2 rings (SSSR count). The Kier molecular flexibility index (Phi) is 3.82. The van der Waals surface area contributed by atoms with Crippen LogP contribution in [0, 0.1) is 12.3 Å². The average Bonchev–Trinajstić information content (AvgIpc) is 2.99. The first-order valence-corrected chi connectivity index (χ1v) is 6.45. The van der Waals surface area contributed by atoms with Crippen LogP contribution in [0.25, 0.3) is 0 Å². The Morgan fingerprint density at radius 1 is 1.44 bits per heavy atom. The highest BCUT2D eigenvalue weighted by Gasteiger charge is 2.40. The maximum atomic E-state index is 5.80. The van der Waals surface area contributed by atoms with Crippen molar-refractivity contribution in [1.82, 2.24) is 10.3 Å². The van der Waals surface area contributed by atoms with E-state index in [2.05, 4.69) is 23.3 Å². The van der Waals surface area contributed by atoms with Gasteiger partial charge in [-0.3, -0.25) is 4.98 Å². The lowest BCUT2D eigenvalue weighted by molar-refractivity contribution is 0.445. The number of rotatable bonds is 6. The molecular formula is C13H19ClN2. The van der Waals surface area contributed by atoms with Gasteiger partial charge in [0.25, 0.3) is 0 Å². The largest absolute Gasteiger partial charge is 0.312 e. The summed E-state index contributed by atoms with van der Waals surface area (Å²) in [6.07, 6.45) is 7.63. The van der Waals surface area contributed by atoms with Gasteiger partial charge in [0.15, 0.2) is 0 Å². The van der Waals surface area contributed by atoms with Crippen molar-refractivity contribution < 1.29 is 0 Å². The monoisotopic (exact) mass is 238 g/mol. The van der Waals surface area contributed by atoms with Gasteiger partial charge < -0.3 is 5.32 Å². The summed E-state index contributed by atoms with van der Waals surface area (Å²) < 4.78 is 0. The number of hydrogen-bond acceptors (Lipinski definition) is 2. The quantitative estimate of drug-likeness (QED) is 0.771. The summed E-state index contributed by atoms with van der Waals surface area (Å²) in [6.45, 7) is 4.08. The van der Waals surface area contributed by atoms with E-state index in [1.54, 1.807) is 0 Å². The fourth-order valence-corrected chi connectivity index (χ4v) is 2.48. The van der Waals surface area contributed by atoms with Crippen molar-refractivity contribution in [2.45, 2.75) is 32.7 Å². The summed E-state index contributed by atoms with van der Waals surface area (Å²) in [4.78, 5) is 4.19. The second-order valence-electron chi connectivity index (χ2n) is 4.91. The van der Waals surface area contributed by atoms with Crippen LogP contribution in [0.15, 0.2) is 18.5 Å². The molecule has 0 unspecified atom stereocenters. The van der Waals surface area contributed by atoms with Crippen LogP contribution >= 0.6 is 11.6 Å². The molecule has 88 valence electrons. The van der Waals surface area contributed by atoms with Gasteiger partial charge in [-0.2, -0.15) is 0 Å². The molecule has 0 bridgehead atoms. The van der Waals surface area contributed by atoms with Gasteiger partial charge in [-0.1, -0.05) is 6.07 Å². The number of aryl methyl sites for hydroxylation is 1. The van der Waals surface area contributed by atoms with Crippen LogP contribution in [0.2, 0.25) is 0 Å². The fraction of sp³-hybridized carbons (Fsp3) is 0.615. The van der Waals surface area contributed by atoms with Crippen molar-refractivity contribution in [3.8, 4) is 0 Å². The number of hydrogen-bond donors (Lipinski definition) is 1. The first-order valence-electron chi connectivity index (χ1n) is 5.91. The number of nitrogens with one attached hydrogen (secondary N) is 1. The minimum Gasteiger partial charge on any atom is -0.312 e. The Balaban J connectivity index is 1.76. The topological polar surface area (TPSA) is 24.9 Å². The minimum absolute atomic E-state index is 0.513. The van der Waals surface area contributed by atoms with Crippen LogP contribution < -0.4 is 5.32 Å². The molecule has 0 radical (unpaired) electrons. The Hall–Kier alpha value is -0.600.